The van der Waals surface area contributed by atoms with E-state index >= 15 is 0 Å². The van der Waals surface area contributed by atoms with Crippen molar-refractivity contribution >= 4 is 23.0 Å². The minimum absolute atomic E-state index is 0.605. The zero-order valence-electron chi connectivity index (χ0n) is 14.0. The SMILES string of the molecule is Cc1ccc2c(c1)C(C)(O)c1cc(Cl)ccc1N2CCc1nn[nH]n1. The number of rotatable bonds is 3. The van der Waals surface area contributed by atoms with E-state index in [4.69, 9.17) is 11.6 Å². The van der Waals surface area contributed by atoms with Gasteiger partial charge in [0.15, 0.2) is 5.82 Å². The third-order valence-corrected chi connectivity index (χ3v) is 4.92. The molecule has 1 aliphatic heterocycles. The highest BCUT2D eigenvalue weighted by Gasteiger charge is 2.38. The molecule has 0 spiro atoms. The number of nitrogens with one attached hydrogen (secondary N) is 1. The van der Waals surface area contributed by atoms with Gasteiger partial charge in [0.05, 0.1) is 0 Å². The molecule has 2 aromatic carbocycles. The highest BCUT2D eigenvalue weighted by atomic mass is 35.5. The largest absolute Gasteiger partial charge is 0.381 e. The van der Waals surface area contributed by atoms with E-state index in [1.54, 1.807) is 0 Å². The van der Waals surface area contributed by atoms with E-state index in [2.05, 4.69) is 31.6 Å². The molecule has 2 N–H and O–H groups in total. The van der Waals surface area contributed by atoms with E-state index in [-0.39, 0.29) is 0 Å². The second kappa shape index (κ2) is 5.82. The van der Waals surface area contributed by atoms with E-state index in [0.29, 0.717) is 23.8 Å². The fourth-order valence-electron chi connectivity index (χ4n) is 3.42. The topological polar surface area (TPSA) is 77.9 Å². The number of aromatic nitrogens is 4. The van der Waals surface area contributed by atoms with Gasteiger partial charge in [0.1, 0.15) is 5.60 Å². The van der Waals surface area contributed by atoms with E-state index in [1.165, 1.54) is 0 Å². The lowest BCUT2D eigenvalue weighted by molar-refractivity contribution is 0.101. The third-order valence-electron chi connectivity index (χ3n) is 4.69. The van der Waals surface area contributed by atoms with Crippen LogP contribution in [0.25, 0.3) is 0 Å². The van der Waals surface area contributed by atoms with Crippen LogP contribution in [0.5, 0.6) is 0 Å². The first-order valence-electron chi connectivity index (χ1n) is 8.10. The van der Waals surface area contributed by atoms with E-state index in [0.717, 1.165) is 28.1 Å². The fraction of sp³-hybridized carbons (Fsp3) is 0.278. The fourth-order valence-corrected chi connectivity index (χ4v) is 3.60. The molecular weight excluding hydrogens is 338 g/mol. The van der Waals surface area contributed by atoms with Gasteiger partial charge in [-0.2, -0.15) is 5.21 Å². The molecule has 1 aromatic heterocycles. The summed E-state index contributed by atoms with van der Waals surface area (Å²) >= 11 is 6.21. The van der Waals surface area contributed by atoms with Crippen molar-refractivity contribution in [3.8, 4) is 0 Å². The molecule has 4 rings (SSSR count). The quantitative estimate of drug-likeness (QED) is 0.754. The van der Waals surface area contributed by atoms with Crippen molar-refractivity contribution in [1.29, 1.82) is 0 Å². The van der Waals surface area contributed by atoms with Crippen LogP contribution in [0.4, 0.5) is 11.4 Å². The molecule has 7 heteroatoms. The second-order valence-electron chi connectivity index (χ2n) is 6.48. The van der Waals surface area contributed by atoms with Crippen molar-refractivity contribution < 1.29 is 5.11 Å². The van der Waals surface area contributed by atoms with Gasteiger partial charge in [0.2, 0.25) is 0 Å². The van der Waals surface area contributed by atoms with Crippen LogP contribution >= 0.6 is 11.6 Å². The summed E-state index contributed by atoms with van der Waals surface area (Å²) in [5, 5.41) is 26.0. The predicted molar refractivity (Wildman–Crippen MR) is 96.2 cm³/mol. The first-order valence-corrected chi connectivity index (χ1v) is 8.48. The Morgan fingerprint density at radius 1 is 1.16 bits per heavy atom. The average molecular weight is 356 g/mol. The summed E-state index contributed by atoms with van der Waals surface area (Å²) in [6.45, 7) is 4.50. The predicted octanol–water partition coefficient (Wildman–Crippen LogP) is 3.11. The van der Waals surface area contributed by atoms with Crippen molar-refractivity contribution in [3.63, 3.8) is 0 Å². The Labute approximate surface area is 150 Å². The van der Waals surface area contributed by atoms with Gasteiger partial charge in [-0.25, -0.2) is 0 Å². The molecule has 25 heavy (non-hydrogen) atoms. The molecule has 3 aromatic rings. The van der Waals surface area contributed by atoms with Crippen molar-refractivity contribution in [2.45, 2.75) is 25.9 Å². The zero-order valence-corrected chi connectivity index (χ0v) is 14.7. The number of hydrogen-bond acceptors (Lipinski definition) is 5. The molecule has 6 nitrogen and oxygen atoms in total. The second-order valence-corrected chi connectivity index (χ2v) is 6.92. The molecule has 0 aliphatic carbocycles. The molecule has 128 valence electrons. The number of aromatic amines is 1. The average Bonchev–Trinajstić information content (AvgIpc) is 3.09. The summed E-state index contributed by atoms with van der Waals surface area (Å²) in [7, 11) is 0. The van der Waals surface area contributed by atoms with Gasteiger partial charge >= 0.3 is 0 Å². The molecular formula is C18H18ClN5O. The van der Waals surface area contributed by atoms with Gasteiger partial charge < -0.3 is 10.0 Å². The lowest BCUT2D eigenvalue weighted by Crippen LogP contribution is -2.35. The zero-order chi connectivity index (χ0) is 17.6. The van der Waals surface area contributed by atoms with Crippen LogP contribution in [0.15, 0.2) is 36.4 Å². The van der Waals surface area contributed by atoms with E-state index in [1.807, 2.05) is 44.2 Å². The Kier molecular flexibility index (Phi) is 3.74. The Morgan fingerprint density at radius 3 is 2.60 bits per heavy atom. The van der Waals surface area contributed by atoms with Crippen LogP contribution < -0.4 is 4.90 Å². The first kappa shape index (κ1) is 16.1. The van der Waals surface area contributed by atoms with Crippen LogP contribution in [-0.4, -0.2) is 32.3 Å². The Bertz CT molecular complexity index is 868. The Balaban J connectivity index is 1.84. The highest BCUT2D eigenvalue weighted by Crippen LogP contribution is 2.48. The van der Waals surface area contributed by atoms with Crippen LogP contribution in [0.2, 0.25) is 5.02 Å². The number of aryl methyl sites for hydroxylation is 1. The monoisotopic (exact) mass is 355 g/mol. The molecule has 0 fully saturated rings. The number of aliphatic hydroxyl groups is 1. The number of hydrogen-bond donors (Lipinski definition) is 2. The van der Waals surface area contributed by atoms with E-state index in [9.17, 15) is 5.11 Å². The maximum Gasteiger partial charge on any atom is 0.176 e. The normalized spacial score (nSPS) is 18.8. The summed E-state index contributed by atoms with van der Waals surface area (Å²) < 4.78 is 0. The molecule has 0 saturated heterocycles. The molecule has 0 radical (unpaired) electrons. The van der Waals surface area contributed by atoms with Gasteiger partial charge in [-0.05, 0) is 38.1 Å². The van der Waals surface area contributed by atoms with Crippen molar-refractivity contribution in [1.82, 2.24) is 20.6 Å². The molecule has 1 aliphatic rings. The minimum Gasteiger partial charge on any atom is -0.381 e. The Morgan fingerprint density at radius 2 is 1.88 bits per heavy atom. The van der Waals surface area contributed by atoms with Crippen molar-refractivity contribution in [3.05, 3.63) is 63.9 Å². The lowest BCUT2D eigenvalue weighted by Gasteiger charge is -2.41. The summed E-state index contributed by atoms with van der Waals surface area (Å²) in [5.74, 6) is 0.654. The van der Waals surface area contributed by atoms with E-state index < -0.39 is 5.60 Å². The number of H-pyrrole nitrogens is 1. The van der Waals surface area contributed by atoms with Gasteiger partial charge in [0.25, 0.3) is 0 Å². The standard InChI is InChI=1S/C18H18ClN5O/c1-11-3-5-15-13(9-11)18(2,25)14-10-12(19)4-6-16(14)24(15)8-7-17-20-22-23-21-17/h3-6,9-10,25H,7-8H2,1-2H3,(H,20,21,22,23). The Hall–Kier alpha value is -2.44. The summed E-state index contributed by atoms with van der Waals surface area (Å²) in [6.07, 6.45) is 0.633. The van der Waals surface area contributed by atoms with Gasteiger partial charge in [-0.15, -0.1) is 10.2 Å². The molecule has 0 amide bonds. The van der Waals surface area contributed by atoms with Gasteiger partial charge in [-0.3, -0.25) is 0 Å². The maximum atomic E-state index is 11.3. The van der Waals surface area contributed by atoms with Gasteiger partial charge in [-0.1, -0.05) is 34.5 Å². The smallest absolute Gasteiger partial charge is 0.176 e. The number of anilines is 2. The third kappa shape index (κ3) is 2.67. The molecule has 0 bridgehead atoms. The van der Waals surface area contributed by atoms with Crippen LogP contribution in [0.1, 0.15) is 29.4 Å². The van der Waals surface area contributed by atoms with Crippen LogP contribution in [0.3, 0.4) is 0 Å². The summed E-state index contributed by atoms with van der Waals surface area (Å²) in [6, 6.07) is 11.8. The summed E-state index contributed by atoms with van der Waals surface area (Å²) in [4.78, 5) is 2.18. The number of halogens is 1. The molecule has 1 atom stereocenters. The van der Waals surface area contributed by atoms with Crippen molar-refractivity contribution in [2.24, 2.45) is 0 Å². The van der Waals surface area contributed by atoms with Gasteiger partial charge in [0, 0.05) is 40.5 Å². The van der Waals surface area contributed by atoms with Crippen molar-refractivity contribution in [2.75, 3.05) is 11.4 Å². The molecule has 1 unspecified atom stereocenters. The highest BCUT2D eigenvalue weighted by molar-refractivity contribution is 6.30. The van der Waals surface area contributed by atoms with Crippen LogP contribution in [0, 0.1) is 6.92 Å². The number of fused-ring (bicyclic) bond motifs is 2. The minimum atomic E-state index is -1.11. The lowest BCUT2D eigenvalue weighted by atomic mass is 9.81. The summed E-state index contributed by atoms with van der Waals surface area (Å²) in [5.41, 5.74) is 3.58. The molecule has 0 saturated carbocycles. The number of benzene rings is 2. The number of tetrazole rings is 1. The molecule has 2 heterocycles. The van der Waals surface area contributed by atoms with Crippen LogP contribution in [-0.2, 0) is 12.0 Å². The maximum absolute atomic E-state index is 11.3. The first-order chi connectivity index (χ1) is 12.0. The number of nitrogens with zero attached hydrogens (tertiary/aromatic N) is 4.